The van der Waals surface area contributed by atoms with Crippen molar-refractivity contribution in [3.05, 3.63) is 34.9 Å². The molecule has 0 radical (unpaired) electrons. The molecule has 1 aliphatic rings. The van der Waals surface area contributed by atoms with Crippen molar-refractivity contribution in [1.29, 1.82) is 0 Å². The van der Waals surface area contributed by atoms with E-state index in [0.29, 0.717) is 5.92 Å². The number of carbonyl (C=O) groups is 1. The summed E-state index contributed by atoms with van der Waals surface area (Å²) in [4.78, 5) is 11.8. The Kier molecular flexibility index (Phi) is 3.17. The zero-order valence-corrected chi connectivity index (χ0v) is 11.1. The van der Waals surface area contributed by atoms with E-state index in [0.717, 1.165) is 11.4 Å². The third-order valence-corrected chi connectivity index (χ3v) is 3.05. The quantitative estimate of drug-likeness (QED) is 0.749. The minimum absolute atomic E-state index is 0.0235. The lowest BCUT2D eigenvalue weighted by molar-refractivity contribution is -0.156. The van der Waals surface area contributed by atoms with Gasteiger partial charge in [0.15, 0.2) is 0 Å². The summed E-state index contributed by atoms with van der Waals surface area (Å²) in [6, 6.07) is 7.69. The highest BCUT2D eigenvalue weighted by atomic mass is 35.5. The molecule has 1 aromatic rings. The van der Waals surface area contributed by atoms with Crippen molar-refractivity contribution >= 4 is 17.6 Å². The predicted molar refractivity (Wildman–Crippen MR) is 68.1 cm³/mol. The molecule has 0 N–H and O–H groups in total. The molecule has 2 atom stereocenters. The van der Waals surface area contributed by atoms with Gasteiger partial charge < -0.3 is 4.74 Å². The van der Waals surface area contributed by atoms with Crippen LogP contribution in [0.3, 0.4) is 0 Å². The number of esters is 1. The monoisotopic (exact) mass is 252 g/mol. The molecule has 0 aromatic heterocycles. The normalized spacial score (nSPS) is 23.3. The van der Waals surface area contributed by atoms with E-state index >= 15 is 0 Å². The van der Waals surface area contributed by atoms with Crippen LogP contribution in [0.1, 0.15) is 38.7 Å². The van der Waals surface area contributed by atoms with Crippen LogP contribution in [0, 0.1) is 5.92 Å². The summed E-state index contributed by atoms with van der Waals surface area (Å²) in [5.41, 5.74) is 0.773. The minimum Gasteiger partial charge on any atom is -0.460 e. The minimum atomic E-state index is -0.399. The van der Waals surface area contributed by atoms with Gasteiger partial charge in [0.2, 0.25) is 0 Å². The SMILES string of the molecule is CC(C)(C)OC(=O)[C@@H]1C[C@H]1c1ccc(Cl)cc1. The summed E-state index contributed by atoms with van der Waals surface area (Å²) in [6.45, 7) is 5.68. The van der Waals surface area contributed by atoms with Crippen LogP contribution in [0.2, 0.25) is 5.02 Å². The first-order valence-corrected chi connectivity index (χ1v) is 6.23. The third kappa shape index (κ3) is 3.22. The van der Waals surface area contributed by atoms with E-state index in [1.807, 2.05) is 45.0 Å². The van der Waals surface area contributed by atoms with Crippen LogP contribution in [0.4, 0.5) is 0 Å². The molecular weight excluding hydrogens is 236 g/mol. The summed E-state index contributed by atoms with van der Waals surface area (Å²) < 4.78 is 5.37. The molecule has 3 heteroatoms. The van der Waals surface area contributed by atoms with Gasteiger partial charge in [-0.25, -0.2) is 0 Å². The molecule has 0 bridgehead atoms. The maximum atomic E-state index is 11.8. The molecule has 1 aromatic carbocycles. The van der Waals surface area contributed by atoms with E-state index in [4.69, 9.17) is 16.3 Å². The van der Waals surface area contributed by atoms with Gasteiger partial charge in [-0.1, -0.05) is 23.7 Å². The number of hydrogen-bond acceptors (Lipinski definition) is 2. The van der Waals surface area contributed by atoms with E-state index in [1.165, 1.54) is 5.56 Å². The molecule has 2 rings (SSSR count). The van der Waals surface area contributed by atoms with Crippen LogP contribution in [0.15, 0.2) is 24.3 Å². The Hall–Kier alpha value is -1.02. The number of halogens is 1. The molecule has 1 fully saturated rings. The molecule has 92 valence electrons. The Morgan fingerprint density at radius 1 is 1.29 bits per heavy atom. The highest BCUT2D eigenvalue weighted by Crippen LogP contribution is 2.48. The van der Waals surface area contributed by atoms with Crippen molar-refractivity contribution in [3.8, 4) is 0 Å². The molecule has 2 nitrogen and oxygen atoms in total. The summed E-state index contributed by atoms with van der Waals surface area (Å²) in [5, 5.41) is 0.725. The Morgan fingerprint density at radius 2 is 1.88 bits per heavy atom. The molecule has 17 heavy (non-hydrogen) atoms. The zero-order valence-electron chi connectivity index (χ0n) is 10.4. The number of rotatable bonds is 2. The average Bonchev–Trinajstić information content (AvgIpc) is 2.96. The van der Waals surface area contributed by atoms with E-state index in [-0.39, 0.29) is 11.9 Å². The van der Waals surface area contributed by atoms with Crippen LogP contribution in [0.25, 0.3) is 0 Å². The second-order valence-corrected chi connectivity index (χ2v) is 5.97. The molecule has 0 saturated heterocycles. The lowest BCUT2D eigenvalue weighted by Crippen LogP contribution is -2.25. The molecule has 0 amide bonds. The summed E-state index contributed by atoms with van der Waals surface area (Å²) >= 11 is 5.83. The first-order valence-electron chi connectivity index (χ1n) is 5.85. The number of hydrogen-bond donors (Lipinski definition) is 0. The average molecular weight is 253 g/mol. The van der Waals surface area contributed by atoms with Gasteiger partial charge in [-0.05, 0) is 50.8 Å². The van der Waals surface area contributed by atoms with Crippen molar-refractivity contribution in [3.63, 3.8) is 0 Å². The highest BCUT2D eigenvalue weighted by molar-refractivity contribution is 6.30. The van der Waals surface area contributed by atoms with Gasteiger partial charge in [-0.3, -0.25) is 4.79 Å². The number of carbonyl (C=O) groups excluding carboxylic acids is 1. The fourth-order valence-corrected chi connectivity index (χ4v) is 2.04. The molecule has 0 spiro atoms. The van der Waals surface area contributed by atoms with Crippen molar-refractivity contribution in [2.45, 2.75) is 38.7 Å². The van der Waals surface area contributed by atoms with Gasteiger partial charge in [0.05, 0.1) is 5.92 Å². The molecular formula is C14H17ClO2. The molecule has 0 unspecified atom stereocenters. The zero-order chi connectivity index (χ0) is 12.6. The van der Waals surface area contributed by atoms with E-state index < -0.39 is 5.60 Å². The smallest absolute Gasteiger partial charge is 0.310 e. The van der Waals surface area contributed by atoms with Gasteiger partial charge in [0.25, 0.3) is 0 Å². The van der Waals surface area contributed by atoms with E-state index in [2.05, 4.69) is 0 Å². The number of benzene rings is 1. The maximum absolute atomic E-state index is 11.8. The Morgan fingerprint density at radius 3 is 2.41 bits per heavy atom. The molecule has 0 heterocycles. The second-order valence-electron chi connectivity index (χ2n) is 5.53. The highest BCUT2D eigenvalue weighted by Gasteiger charge is 2.46. The fourth-order valence-electron chi connectivity index (χ4n) is 1.91. The maximum Gasteiger partial charge on any atom is 0.310 e. The van der Waals surface area contributed by atoms with E-state index in [9.17, 15) is 4.79 Å². The van der Waals surface area contributed by atoms with Crippen LogP contribution in [-0.2, 0) is 9.53 Å². The number of ether oxygens (including phenoxy) is 1. The van der Waals surface area contributed by atoms with Crippen LogP contribution >= 0.6 is 11.6 Å². The molecule has 1 saturated carbocycles. The van der Waals surface area contributed by atoms with Crippen LogP contribution in [-0.4, -0.2) is 11.6 Å². The lowest BCUT2D eigenvalue weighted by Gasteiger charge is -2.19. The standard InChI is InChI=1S/C14H17ClO2/c1-14(2,3)17-13(16)12-8-11(12)9-4-6-10(15)7-5-9/h4-7,11-12H,8H2,1-3H3/t11-,12+/m0/s1. The van der Waals surface area contributed by atoms with Crippen molar-refractivity contribution in [2.75, 3.05) is 0 Å². The first kappa shape index (κ1) is 12.4. The predicted octanol–water partition coefficient (Wildman–Crippen LogP) is 3.79. The first-order chi connectivity index (χ1) is 7.87. The van der Waals surface area contributed by atoms with Gasteiger partial charge >= 0.3 is 5.97 Å². The van der Waals surface area contributed by atoms with Gasteiger partial charge in [-0.2, -0.15) is 0 Å². The molecule has 1 aliphatic carbocycles. The Labute approximate surface area is 107 Å². The topological polar surface area (TPSA) is 26.3 Å². The second kappa shape index (κ2) is 4.34. The van der Waals surface area contributed by atoms with Crippen molar-refractivity contribution in [2.24, 2.45) is 5.92 Å². The Balaban J connectivity index is 1.96. The van der Waals surface area contributed by atoms with Crippen molar-refractivity contribution in [1.82, 2.24) is 0 Å². The van der Waals surface area contributed by atoms with E-state index in [1.54, 1.807) is 0 Å². The van der Waals surface area contributed by atoms with Crippen LogP contribution < -0.4 is 0 Å². The molecule has 0 aliphatic heterocycles. The third-order valence-electron chi connectivity index (χ3n) is 2.80. The fraction of sp³-hybridized carbons (Fsp3) is 0.500. The Bertz CT molecular complexity index is 417. The largest absolute Gasteiger partial charge is 0.460 e. The van der Waals surface area contributed by atoms with Crippen molar-refractivity contribution < 1.29 is 9.53 Å². The summed E-state index contributed by atoms with van der Waals surface area (Å²) in [5.74, 6) is 0.245. The lowest BCUT2D eigenvalue weighted by atomic mass is 10.1. The van der Waals surface area contributed by atoms with Gasteiger partial charge in [0.1, 0.15) is 5.60 Å². The van der Waals surface area contributed by atoms with Crippen LogP contribution in [0.5, 0.6) is 0 Å². The summed E-state index contributed by atoms with van der Waals surface area (Å²) in [7, 11) is 0. The van der Waals surface area contributed by atoms with Gasteiger partial charge in [0, 0.05) is 5.02 Å². The summed E-state index contributed by atoms with van der Waals surface area (Å²) in [6.07, 6.45) is 0.885. The van der Waals surface area contributed by atoms with Gasteiger partial charge in [-0.15, -0.1) is 0 Å².